The summed E-state index contributed by atoms with van der Waals surface area (Å²) in [4.78, 5) is 16.7. The number of nitrogens with one attached hydrogen (secondary N) is 2. The Hall–Kier alpha value is -1.92. The summed E-state index contributed by atoms with van der Waals surface area (Å²) in [6.07, 6.45) is 3.51. The number of hydrogen-bond donors (Lipinski definition) is 2. The number of carbonyl (C=O) groups is 1. The maximum atomic E-state index is 12.5. The van der Waals surface area contributed by atoms with Gasteiger partial charge in [-0.1, -0.05) is 36.8 Å². The smallest absolute Gasteiger partial charge is 0.287 e. The van der Waals surface area contributed by atoms with Crippen molar-refractivity contribution in [2.75, 3.05) is 18.4 Å². The molecular weight excluding hydrogens is 308 g/mol. The van der Waals surface area contributed by atoms with Gasteiger partial charge in [0.15, 0.2) is 5.69 Å². The third-order valence-electron chi connectivity index (χ3n) is 4.05. The average molecular weight is 330 g/mol. The van der Waals surface area contributed by atoms with Crippen molar-refractivity contribution in [3.05, 3.63) is 47.1 Å². The maximum Gasteiger partial charge on any atom is 0.287 e. The largest absolute Gasteiger partial charge is 0.368 e. The predicted octanol–water partition coefficient (Wildman–Crippen LogP) is 3.45. The summed E-state index contributed by atoms with van der Waals surface area (Å²) in [5.74, 6) is -0.129. The molecule has 1 unspecified atom stereocenters. The van der Waals surface area contributed by atoms with Crippen molar-refractivity contribution in [1.82, 2.24) is 15.4 Å². The molecule has 1 amide bonds. The van der Waals surface area contributed by atoms with Crippen molar-refractivity contribution in [1.29, 1.82) is 0 Å². The molecule has 1 saturated heterocycles. The van der Waals surface area contributed by atoms with E-state index in [0.29, 0.717) is 5.69 Å². The Morgan fingerprint density at radius 2 is 1.96 bits per heavy atom. The highest BCUT2D eigenvalue weighted by molar-refractivity contribution is 7.14. The van der Waals surface area contributed by atoms with Gasteiger partial charge >= 0.3 is 0 Å². The fraction of sp³-hybridized carbons (Fsp3) is 0.412. The van der Waals surface area contributed by atoms with Gasteiger partial charge in [0, 0.05) is 19.1 Å². The molecule has 1 atom stereocenters. The summed E-state index contributed by atoms with van der Waals surface area (Å²) >= 11 is 1.46. The molecule has 0 aliphatic carbocycles. The van der Waals surface area contributed by atoms with Crippen molar-refractivity contribution in [2.24, 2.45) is 0 Å². The molecular formula is C17H22N4OS. The van der Waals surface area contributed by atoms with Gasteiger partial charge in [0.05, 0.1) is 5.51 Å². The number of anilines is 1. The third-order valence-corrected chi connectivity index (χ3v) is 4.80. The lowest BCUT2D eigenvalue weighted by Gasteiger charge is -2.26. The first-order valence-corrected chi connectivity index (χ1v) is 8.93. The zero-order valence-corrected chi connectivity index (χ0v) is 14.1. The Labute approximate surface area is 140 Å². The fourth-order valence-electron chi connectivity index (χ4n) is 2.73. The second-order valence-corrected chi connectivity index (χ2v) is 6.65. The van der Waals surface area contributed by atoms with Crippen LogP contribution in [-0.4, -0.2) is 29.0 Å². The van der Waals surface area contributed by atoms with Gasteiger partial charge in [-0.05, 0) is 25.3 Å². The van der Waals surface area contributed by atoms with Crippen LogP contribution in [-0.2, 0) is 0 Å². The van der Waals surface area contributed by atoms with Crippen LogP contribution in [0.15, 0.2) is 35.8 Å². The molecule has 0 bridgehead atoms. The highest BCUT2D eigenvalue weighted by Gasteiger charge is 2.20. The predicted molar refractivity (Wildman–Crippen MR) is 93.5 cm³/mol. The zero-order valence-electron chi connectivity index (χ0n) is 13.3. The molecule has 1 aliphatic heterocycles. The van der Waals surface area contributed by atoms with Crippen molar-refractivity contribution < 1.29 is 4.79 Å². The molecule has 1 aromatic carbocycles. The minimum absolute atomic E-state index is 0.123. The standard InChI is InChI=1S/C17H22N4OS/c1-13(14-8-4-2-5-9-14)19-17-15(18-12-23-17)16(22)20-21-10-6-3-7-11-21/h2,4-5,8-9,12-13,19H,3,6-7,10-11H2,1H3,(H,20,22). The van der Waals surface area contributed by atoms with Gasteiger partial charge in [-0.3, -0.25) is 10.2 Å². The summed E-state index contributed by atoms with van der Waals surface area (Å²) in [6.45, 7) is 3.92. The number of hydrazine groups is 1. The Bertz CT molecular complexity index is 637. The van der Waals surface area contributed by atoms with Crippen molar-refractivity contribution in [3.8, 4) is 0 Å². The van der Waals surface area contributed by atoms with Gasteiger partial charge in [0.1, 0.15) is 5.00 Å². The maximum absolute atomic E-state index is 12.5. The van der Waals surface area contributed by atoms with E-state index in [1.165, 1.54) is 23.3 Å². The molecule has 0 saturated carbocycles. The Kier molecular flexibility index (Phi) is 5.25. The number of piperidine rings is 1. The van der Waals surface area contributed by atoms with Gasteiger partial charge in [-0.2, -0.15) is 0 Å². The molecule has 1 fully saturated rings. The molecule has 0 spiro atoms. The molecule has 2 aromatic rings. The van der Waals surface area contributed by atoms with E-state index in [-0.39, 0.29) is 11.9 Å². The lowest BCUT2D eigenvalue weighted by molar-refractivity contribution is 0.0746. The minimum Gasteiger partial charge on any atom is -0.368 e. The first-order chi connectivity index (χ1) is 11.2. The van der Waals surface area contributed by atoms with Crippen molar-refractivity contribution >= 4 is 22.2 Å². The molecule has 122 valence electrons. The number of benzene rings is 1. The summed E-state index contributed by atoms with van der Waals surface area (Å²) in [6, 6.07) is 10.3. The third kappa shape index (κ3) is 4.09. The number of nitrogens with zero attached hydrogens (tertiary/aromatic N) is 2. The van der Waals surface area contributed by atoms with Crippen LogP contribution in [0.5, 0.6) is 0 Å². The summed E-state index contributed by atoms with van der Waals surface area (Å²) in [5, 5.41) is 6.21. The first-order valence-electron chi connectivity index (χ1n) is 8.05. The lowest BCUT2D eigenvalue weighted by Crippen LogP contribution is -2.45. The van der Waals surface area contributed by atoms with Crippen LogP contribution in [0.25, 0.3) is 0 Å². The molecule has 5 nitrogen and oxygen atoms in total. The zero-order chi connectivity index (χ0) is 16.1. The van der Waals surface area contributed by atoms with E-state index in [9.17, 15) is 4.79 Å². The number of rotatable bonds is 5. The van der Waals surface area contributed by atoms with Crippen LogP contribution in [0.4, 0.5) is 5.00 Å². The number of carbonyl (C=O) groups excluding carboxylic acids is 1. The van der Waals surface area contributed by atoms with Crippen LogP contribution in [0.1, 0.15) is 48.3 Å². The monoisotopic (exact) mass is 330 g/mol. The summed E-state index contributed by atoms with van der Waals surface area (Å²) in [5.41, 5.74) is 6.35. The number of hydrogen-bond acceptors (Lipinski definition) is 5. The highest BCUT2D eigenvalue weighted by Crippen LogP contribution is 2.26. The molecule has 2 N–H and O–H groups in total. The summed E-state index contributed by atoms with van der Waals surface area (Å²) < 4.78 is 0. The molecule has 1 aliphatic rings. The van der Waals surface area contributed by atoms with E-state index in [4.69, 9.17) is 0 Å². The van der Waals surface area contributed by atoms with Crippen LogP contribution >= 0.6 is 11.3 Å². The van der Waals surface area contributed by atoms with E-state index in [2.05, 4.69) is 34.8 Å². The number of aromatic nitrogens is 1. The van der Waals surface area contributed by atoms with Crippen LogP contribution in [0.3, 0.4) is 0 Å². The molecule has 1 aromatic heterocycles. The first kappa shape index (κ1) is 16.0. The molecule has 3 rings (SSSR count). The second kappa shape index (κ2) is 7.57. The van der Waals surface area contributed by atoms with E-state index in [1.807, 2.05) is 23.2 Å². The van der Waals surface area contributed by atoms with Gasteiger partial charge in [0.25, 0.3) is 5.91 Å². The highest BCUT2D eigenvalue weighted by atomic mass is 32.1. The fourth-order valence-corrected chi connectivity index (χ4v) is 3.50. The SMILES string of the molecule is CC(Nc1scnc1C(=O)NN1CCCCC1)c1ccccc1. The van der Waals surface area contributed by atoms with Crippen LogP contribution in [0.2, 0.25) is 0 Å². The summed E-state index contributed by atoms with van der Waals surface area (Å²) in [7, 11) is 0. The Morgan fingerprint density at radius 1 is 1.22 bits per heavy atom. The topological polar surface area (TPSA) is 57.3 Å². The van der Waals surface area contributed by atoms with Gasteiger partial charge in [-0.15, -0.1) is 11.3 Å². The number of thiazole rings is 1. The molecule has 0 radical (unpaired) electrons. The lowest BCUT2D eigenvalue weighted by atomic mass is 10.1. The van der Waals surface area contributed by atoms with Gasteiger partial charge < -0.3 is 5.32 Å². The normalized spacial score (nSPS) is 16.7. The second-order valence-electron chi connectivity index (χ2n) is 5.80. The molecule has 6 heteroatoms. The van der Waals surface area contributed by atoms with E-state index >= 15 is 0 Å². The van der Waals surface area contributed by atoms with Gasteiger partial charge in [-0.25, -0.2) is 9.99 Å². The van der Waals surface area contributed by atoms with Crippen molar-refractivity contribution in [3.63, 3.8) is 0 Å². The van der Waals surface area contributed by atoms with E-state index in [0.717, 1.165) is 30.9 Å². The van der Waals surface area contributed by atoms with Crippen LogP contribution < -0.4 is 10.7 Å². The minimum atomic E-state index is -0.129. The quantitative estimate of drug-likeness (QED) is 0.882. The van der Waals surface area contributed by atoms with E-state index in [1.54, 1.807) is 5.51 Å². The Morgan fingerprint density at radius 3 is 2.70 bits per heavy atom. The molecule has 2 heterocycles. The average Bonchev–Trinajstić information content (AvgIpc) is 3.05. The van der Waals surface area contributed by atoms with E-state index < -0.39 is 0 Å². The Balaban J connectivity index is 1.65. The van der Waals surface area contributed by atoms with Crippen molar-refractivity contribution in [2.45, 2.75) is 32.2 Å². The van der Waals surface area contributed by atoms with Crippen LogP contribution in [0, 0.1) is 0 Å². The van der Waals surface area contributed by atoms with Gasteiger partial charge in [0.2, 0.25) is 0 Å². The molecule has 23 heavy (non-hydrogen) atoms. The number of amides is 1.